The highest BCUT2D eigenvalue weighted by Gasteiger charge is 2.31. The zero-order valence-electron chi connectivity index (χ0n) is 11.1. The maximum atomic E-state index is 12.7. The van der Waals surface area contributed by atoms with Crippen molar-refractivity contribution in [1.82, 2.24) is 10.6 Å². The zero-order valence-corrected chi connectivity index (χ0v) is 12.6. The molecule has 0 saturated carbocycles. The van der Waals surface area contributed by atoms with E-state index in [1.165, 1.54) is 6.07 Å². The Bertz CT molecular complexity index is 570. The van der Waals surface area contributed by atoms with Gasteiger partial charge in [0.15, 0.2) is 0 Å². The lowest BCUT2D eigenvalue weighted by Crippen LogP contribution is -2.30. The number of halogens is 4. The van der Waals surface area contributed by atoms with Gasteiger partial charge in [-0.05, 0) is 47.1 Å². The molecule has 0 bridgehead atoms. The molecule has 3 nitrogen and oxygen atoms in total. The Labute approximate surface area is 128 Å². The van der Waals surface area contributed by atoms with E-state index >= 15 is 0 Å². The molecule has 1 aromatic carbocycles. The van der Waals surface area contributed by atoms with Crippen molar-refractivity contribution in [3.05, 3.63) is 45.4 Å². The van der Waals surface area contributed by atoms with E-state index in [4.69, 9.17) is 0 Å². The molecular weight excluding hydrogens is 349 g/mol. The van der Waals surface area contributed by atoms with Crippen molar-refractivity contribution < 1.29 is 18.0 Å². The maximum absolute atomic E-state index is 12.7. The molecule has 0 aliphatic carbocycles. The number of amides is 1. The molecule has 21 heavy (non-hydrogen) atoms. The van der Waals surface area contributed by atoms with E-state index in [1.807, 2.05) is 6.08 Å². The van der Waals surface area contributed by atoms with Crippen LogP contribution in [0.4, 0.5) is 13.2 Å². The Kier molecular flexibility index (Phi) is 5.05. The monoisotopic (exact) mass is 362 g/mol. The molecule has 1 aromatic rings. The maximum Gasteiger partial charge on any atom is 0.416 e. The van der Waals surface area contributed by atoms with Crippen LogP contribution in [-0.4, -0.2) is 25.5 Å². The number of carbonyl (C=O) groups excluding carboxylic acids is 1. The minimum absolute atomic E-state index is 0.0145. The molecular formula is C14H14BrF3N2O. The first-order valence-electron chi connectivity index (χ1n) is 6.41. The predicted octanol–water partition coefficient (Wildman–Crippen LogP) is 3.12. The Hall–Kier alpha value is -1.34. The molecule has 2 rings (SSSR count). The normalized spacial score (nSPS) is 15.5. The van der Waals surface area contributed by atoms with Gasteiger partial charge < -0.3 is 10.6 Å². The van der Waals surface area contributed by atoms with Crippen molar-refractivity contribution in [1.29, 1.82) is 0 Å². The lowest BCUT2D eigenvalue weighted by molar-refractivity contribution is -0.137. The molecule has 114 valence electrons. The number of hydrogen-bond acceptors (Lipinski definition) is 2. The molecule has 0 atom stereocenters. The summed E-state index contributed by atoms with van der Waals surface area (Å²) >= 11 is 3.11. The first kappa shape index (κ1) is 16.0. The van der Waals surface area contributed by atoms with E-state index in [2.05, 4.69) is 26.6 Å². The minimum atomic E-state index is -4.46. The highest BCUT2D eigenvalue weighted by Crippen LogP contribution is 2.31. The van der Waals surface area contributed by atoms with Crippen molar-refractivity contribution in [2.75, 3.05) is 19.6 Å². The molecule has 0 saturated heterocycles. The van der Waals surface area contributed by atoms with Gasteiger partial charge in [-0.2, -0.15) is 13.2 Å². The number of nitrogens with one attached hydrogen (secondary N) is 2. The average Bonchev–Trinajstić information content (AvgIpc) is 2.45. The Morgan fingerprint density at radius 1 is 1.38 bits per heavy atom. The molecule has 0 unspecified atom stereocenters. The summed E-state index contributed by atoms with van der Waals surface area (Å²) in [6, 6.07) is 3.04. The van der Waals surface area contributed by atoms with Crippen LogP contribution in [0.2, 0.25) is 0 Å². The summed E-state index contributed by atoms with van der Waals surface area (Å²) in [5.41, 5.74) is 0.224. The van der Waals surface area contributed by atoms with E-state index in [0.29, 0.717) is 11.0 Å². The second-order valence-corrected chi connectivity index (χ2v) is 5.55. The van der Waals surface area contributed by atoms with Crippen LogP contribution in [0.1, 0.15) is 22.3 Å². The fourth-order valence-electron chi connectivity index (χ4n) is 1.99. The van der Waals surface area contributed by atoms with E-state index < -0.39 is 17.6 Å². The number of benzene rings is 1. The van der Waals surface area contributed by atoms with Gasteiger partial charge in [0.1, 0.15) is 0 Å². The first-order valence-corrected chi connectivity index (χ1v) is 7.21. The van der Waals surface area contributed by atoms with Gasteiger partial charge in [0, 0.05) is 17.6 Å². The third-order valence-electron chi connectivity index (χ3n) is 3.17. The van der Waals surface area contributed by atoms with Crippen molar-refractivity contribution in [3.63, 3.8) is 0 Å². The molecule has 1 amide bonds. The Morgan fingerprint density at radius 2 is 2.14 bits per heavy atom. The van der Waals surface area contributed by atoms with Gasteiger partial charge in [0.05, 0.1) is 11.1 Å². The molecule has 1 aliphatic rings. The second-order valence-electron chi connectivity index (χ2n) is 4.69. The number of carbonyl (C=O) groups is 1. The molecule has 0 aromatic heterocycles. The number of hydrogen-bond donors (Lipinski definition) is 2. The van der Waals surface area contributed by atoms with Crippen molar-refractivity contribution in [2.24, 2.45) is 0 Å². The molecule has 0 radical (unpaired) electrons. The van der Waals surface area contributed by atoms with Crippen molar-refractivity contribution in [2.45, 2.75) is 12.6 Å². The molecule has 1 heterocycles. The Morgan fingerprint density at radius 3 is 2.76 bits per heavy atom. The fourth-order valence-corrected chi connectivity index (χ4v) is 2.42. The van der Waals surface area contributed by atoms with Crippen LogP contribution in [-0.2, 0) is 6.18 Å². The van der Waals surface area contributed by atoms with Gasteiger partial charge in [-0.15, -0.1) is 0 Å². The topological polar surface area (TPSA) is 41.1 Å². The van der Waals surface area contributed by atoms with Gasteiger partial charge in [-0.1, -0.05) is 11.6 Å². The van der Waals surface area contributed by atoms with Crippen LogP contribution in [0.5, 0.6) is 0 Å². The summed E-state index contributed by atoms with van der Waals surface area (Å²) in [6.45, 7) is 1.94. The fraction of sp³-hybridized carbons (Fsp3) is 0.357. The van der Waals surface area contributed by atoms with E-state index in [1.54, 1.807) is 0 Å². The summed E-state index contributed by atoms with van der Waals surface area (Å²) in [5, 5.41) is 5.80. The summed E-state index contributed by atoms with van der Waals surface area (Å²) < 4.78 is 38.4. The van der Waals surface area contributed by atoms with Gasteiger partial charge in [0.2, 0.25) is 0 Å². The van der Waals surface area contributed by atoms with Crippen LogP contribution in [0.25, 0.3) is 0 Å². The average molecular weight is 363 g/mol. The van der Waals surface area contributed by atoms with Crippen molar-refractivity contribution >= 4 is 21.8 Å². The molecule has 2 N–H and O–H groups in total. The van der Waals surface area contributed by atoms with E-state index in [-0.39, 0.29) is 5.56 Å². The lowest BCUT2D eigenvalue weighted by atomic mass is 10.1. The SMILES string of the molecule is O=C(NCC1=CCNCC1)c1cc(C(F)(F)F)ccc1Br. The van der Waals surface area contributed by atoms with Crippen LogP contribution >= 0.6 is 15.9 Å². The van der Waals surface area contributed by atoms with E-state index in [0.717, 1.165) is 37.2 Å². The predicted molar refractivity (Wildman–Crippen MR) is 77.0 cm³/mol. The second kappa shape index (κ2) is 6.62. The molecule has 0 fully saturated rings. The zero-order chi connectivity index (χ0) is 15.5. The largest absolute Gasteiger partial charge is 0.416 e. The minimum Gasteiger partial charge on any atom is -0.348 e. The van der Waals surface area contributed by atoms with E-state index in [9.17, 15) is 18.0 Å². The smallest absolute Gasteiger partial charge is 0.348 e. The summed E-state index contributed by atoms with van der Waals surface area (Å²) in [6.07, 6.45) is -1.66. The van der Waals surface area contributed by atoms with Gasteiger partial charge in [-0.25, -0.2) is 0 Å². The Balaban J connectivity index is 2.09. The summed E-state index contributed by atoms with van der Waals surface area (Å²) in [7, 11) is 0. The quantitative estimate of drug-likeness (QED) is 0.811. The molecule has 7 heteroatoms. The standard InChI is InChI=1S/C14H14BrF3N2O/c15-12-2-1-10(14(16,17)18)7-11(12)13(21)20-8-9-3-5-19-6-4-9/h1-3,7,19H,4-6,8H2,(H,20,21). The molecule has 0 spiro atoms. The third kappa shape index (κ3) is 4.31. The first-order chi connectivity index (χ1) is 9.88. The number of rotatable bonds is 3. The third-order valence-corrected chi connectivity index (χ3v) is 3.86. The highest BCUT2D eigenvalue weighted by atomic mass is 79.9. The van der Waals surface area contributed by atoms with Gasteiger partial charge >= 0.3 is 6.18 Å². The van der Waals surface area contributed by atoms with Crippen molar-refractivity contribution in [3.8, 4) is 0 Å². The van der Waals surface area contributed by atoms with Crippen LogP contribution in [0.3, 0.4) is 0 Å². The summed E-state index contributed by atoms with van der Waals surface area (Å²) in [4.78, 5) is 12.0. The van der Waals surface area contributed by atoms with Gasteiger partial charge in [-0.3, -0.25) is 4.79 Å². The van der Waals surface area contributed by atoms with Crippen LogP contribution < -0.4 is 10.6 Å². The molecule has 1 aliphatic heterocycles. The van der Waals surface area contributed by atoms with Crippen LogP contribution in [0.15, 0.2) is 34.3 Å². The lowest BCUT2D eigenvalue weighted by Gasteiger charge is -2.15. The van der Waals surface area contributed by atoms with Crippen LogP contribution in [0, 0.1) is 0 Å². The van der Waals surface area contributed by atoms with Gasteiger partial charge in [0.25, 0.3) is 5.91 Å². The highest BCUT2D eigenvalue weighted by molar-refractivity contribution is 9.10. The summed E-state index contributed by atoms with van der Waals surface area (Å²) in [5.74, 6) is -0.521. The number of alkyl halides is 3.